The van der Waals surface area contributed by atoms with E-state index in [1.807, 2.05) is 30.0 Å². The van der Waals surface area contributed by atoms with Crippen LogP contribution < -0.4 is 0 Å². The number of hydrogen-bond acceptors (Lipinski definition) is 1. The molecular weight excluding hydrogens is 212 g/mol. The molecule has 0 saturated carbocycles. The van der Waals surface area contributed by atoms with Crippen LogP contribution >= 0.6 is 11.8 Å². The van der Waals surface area contributed by atoms with E-state index in [1.54, 1.807) is 0 Å². The van der Waals surface area contributed by atoms with Gasteiger partial charge in [0.15, 0.2) is 0 Å². The largest absolute Gasteiger partial charge is 0.157 e. The van der Waals surface area contributed by atoms with E-state index in [9.17, 15) is 0 Å². The van der Waals surface area contributed by atoms with E-state index in [-0.39, 0.29) is 0 Å². The number of allylic oxidation sites excluding steroid dienone is 3. The summed E-state index contributed by atoms with van der Waals surface area (Å²) in [6, 6.07) is 10.6. The molecule has 16 heavy (non-hydrogen) atoms. The molecule has 0 bridgehead atoms. The Bertz CT molecular complexity index is 349. The molecule has 1 rings (SSSR count). The summed E-state index contributed by atoms with van der Waals surface area (Å²) in [5.74, 6) is 2.16. The van der Waals surface area contributed by atoms with Crippen LogP contribution in [-0.2, 0) is 6.42 Å². The zero-order chi connectivity index (χ0) is 11.6. The lowest BCUT2D eigenvalue weighted by atomic mass is 10.2. The molecule has 0 spiro atoms. The van der Waals surface area contributed by atoms with Gasteiger partial charge >= 0.3 is 0 Å². The predicted octanol–water partition coefficient (Wildman–Crippen LogP) is 4.26. The zero-order valence-corrected chi connectivity index (χ0v) is 10.4. The van der Waals surface area contributed by atoms with E-state index in [1.165, 1.54) is 11.1 Å². The maximum atomic E-state index is 3.79. The van der Waals surface area contributed by atoms with Crippen molar-refractivity contribution in [3.05, 3.63) is 72.9 Å². The number of benzene rings is 1. The first-order valence-corrected chi connectivity index (χ1v) is 6.58. The van der Waals surface area contributed by atoms with Gasteiger partial charge in [-0.05, 0) is 23.3 Å². The molecule has 0 aliphatic rings. The van der Waals surface area contributed by atoms with Gasteiger partial charge in [-0.15, -0.1) is 0 Å². The van der Waals surface area contributed by atoms with Crippen molar-refractivity contribution < 1.29 is 0 Å². The average Bonchev–Trinajstić information content (AvgIpc) is 2.34. The van der Waals surface area contributed by atoms with Crippen LogP contribution in [0.3, 0.4) is 0 Å². The van der Waals surface area contributed by atoms with E-state index >= 15 is 0 Å². The first kappa shape index (κ1) is 12.9. The van der Waals surface area contributed by atoms with Crippen molar-refractivity contribution in [2.24, 2.45) is 0 Å². The maximum absolute atomic E-state index is 3.79. The number of hydrogen-bond donors (Lipinski definition) is 0. The third kappa shape index (κ3) is 5.04. The molecule has 0 saturated heterocycles. The van der Waals surface area contributed by atoms with Crippen molar-refractivity contribution in [1.82, 2.24) is 0 Å². The minimum Gasteiger partial charge on any atom is -0.157 e. The second-order valence-corrected chi connectivity index (χ2v) is 4.57. The van der Waals surface area contributed by atoms with E-state index in [0.717, 1.165) is 17.9 Å². The van der Waals surface area contributed by atoms with Crippen molar-refractivity contribution in [2.75, 3.05) is 11.5 Å². The summed E-state index contributed by atoms with van der Waals surface area (Å²) in [4.78, 5) is 0. The first-order chi connectivity index (χ1) is 7.86. The highest BCUT2D eigenvalue weighted by Crippen LogP contribution is 2.11. The Morgan fingerprint density at radius 1 is 1.19 bits per heavy atom. The molecule has 0 atom stereocenters. The molecule has 0 aliphatic carbocycles. The van der Waals surface area contributed by atoms with Crippen molar-refractivity contribution in [3.8, 4) is 0 Å². The molecule has 0 amide bonds. The smallest absolute Gasteiger partial charge is 0.0184 e. The Balaban J connectivity index is 2.24. The van der Waals surface area contributed by atoms with Gasteiger partial charge < -0.3 is 0 Å². The molecule has 0 aromatic heterocycles. The second-order valence-electron chi connectivity index (χ2n) is 3.47. The zero-order valence-electron chi connectivity index (χ0n) is 9.56. The van der Waals surface area contributed by atoms with E-state index in [4.69, 9.17) is 0 Å². The molecule has 1 aromatic rings. The van der Waals surface area contributed by atoms with Crippen LogP contribution in [0.5, 0.6) is 0 Å². The fourth-order valence-electron chi connectivity index (χ4n) is 1.35. The minimum atomic E-state index is 1.02. The second kappa shape index (κ2) is 8.00. The fraction of sp³-hybridized carbons (Fsp3) is 0.200. The van der Waals surface area contributed by atoms with E-state index in [2.05, 4.69) is 43.5 Å². The van der Waals surface area contributed by atoms with Gasteiger partial charge in [0.05, 0.1) is 0 Å². The summed E-state index contributed by atoms with van der Waals surface area (Å²) >= 11 is 1.93. The van der Waals surface area contributed by atoms with Crippen LogP contribution in [0.15, 0.2) is 67.3 Å². The van der Waals surface area contributed by atoms with Crippen molar-refractivity contribution >= 4 is 11.8 Å². The number of rotatable bonds is 7. The van der Waals surface area contributed by atoms with Crippen LogP contribution in [0.1, 0.15) is 5.56 Å². The number of thioether (sulfide) groups is 1. The van der Waals surface area contributed by atoms with E-state index in [0.29, 0.717) is 0 Å². The highest BCUT2D eigenvalue weighted by molar-refractivity contribution is 7.99. The Labute approximate surface area is 103 Å². The normalized spacial score (nSPS) is 11.1. The quantitative estimate of drug-likeness (QED) is 0.498. The van der Waals surface area contributed by atoms with Crippen molar-refractivity contribution in [2.45, 2.75) is 6.42 Å². The maximum Gasteiger partial charge on any atom is 0.0184 e. The van der Waals surface area contributed by atoms with Crippen LogP contribution in [0.2, 0.25) is 0 Å². The van der Waals surface area contributed by atoms with Gasteiger partial charge in [-0.25, -0.2) is 0 Å². The van der Waals surface area contributed by atoms with Crippen LogP contribution in [0, 0.1) is 0 Å². The van der Waals surface area contributed by atoms with E-state index < -0.39 is 0 Å². The molecule has 0 nitrogen and oxygen atoms in total. The predicted molar refractivity (Wildman–Crippen MR) is 75.9 cm³/mol. The minimum absolute atomic E-state index is 1.02. The highest BCUT2D eigenvalue weighted by Gasteiger charge is 1.94. The molecular formula is C15H18S. The fourth-order valence-corrected chi connectivity index (χ4v) is 2.33. The molecule has 0 aliphatic heterocycles. The van der Waals surface area contributed by atoms with Crippen molar-refractivity contribution in [3.63, 3.8) is 0 Å². The first-order valence-electron chi connectivity index (χ1n) is 5.42. The standard InChI is InChI=1S/C15H18S/c1-3-8-14(4-2)13-16-12-11-15-9-6-5-7-10-15/h3-10H,1-2,11-13H2/b14-8+. The van der Waals surface area contributed by atoms with Gasteiger partial charge in [-0.2, -0.15) is 11.8 Å². The summed E-state index contributed by atoms with van der Waals surface area (Å²) in [6.45, 7) is 7.48. The highest BCUT2D eigenvalue weighted by atomic mass is 32.2. The average molecular weight is 230 g/mol. The molecule has 1 aromatic carbocycles. The lowest BCUT2D eigenvalue weighted by molar-refractivity contribution is 1.16. The molecule has 0 radical (unpaired) electrons. The molecule has 0 N–H and O–H groups in total. The van der Waals surface area contributed by atoms with Gasteiger partial charge in [0.25, 0.3) is 0 Å². The summed E-state index contributed by atoms with van der Waals surface area (Å²) in [7, 11) is 0. The van der Waals surface area contributed by atoms with Crippen LogP contribution in [0.4, 0.5) is 0 Å². The summed E-state index contributed by atoms with van der Waals surface area (Å²) in [6.07, 6.45) is 6.86. The van der Waals surface area contributed by atoms with Crippen molar-refractivity contribution in [1.29, 1.82) is 0 Å². The van der Waals surface area contributed by atoms with Gasteiger partial charge in [-0.3, -0.25) is 0 Å². The monoisotopic (exact) mass is 230 g/mol. The number of aryl methyl sites for hydroxylation is 1. The SMILES string of the molecule is C=C/C=C(\C=C)CSCCc1ccccc1. The van der Waals surface area contributed by atoms with Gasteiger partial charge in [0.1, 0.15) is 0 Å². The molecule has 1 heteroatoms. The molecule has 0 heterocycles. The third-order valence-electron chi connectivity index (χ3n) is 2.24. The van der Waals surface area contributed by atoms with Crippen LogP contribution in [0.25, 0.3) is 0 Å². The summed E-state index contributed by atoms with van der Waals surface area (Å²) < 4.78 is 0. The summed E-state index contributed by atoms with van der Waals surface area (Å²) in [5, 5.41) is 0. The third-order valence-corrected chi connectivity index (χ3v) is 3.27. The van der Waals surface area contributed by atoms with Gasteiger partial charge in [0.2, 0.25) is 0 Å². The molecule has 84 valence electrons. The molecule has 0 fully saturated rings. The Morgan fingerprint density at radius 3 is 2.56 bits per heavy atom. The Kier molecular flexibility index (Phi) is 6.43. The molecule has 0 unspecified atom stereocenters. The Morgan fingerprint density at radius 2 is 1.94 bits per heavy atom. The Hall–Kier alpha value is -1.21. The summed E-state index contributed by atoms with van der Waals surface area (Å²) in [5.41, 5.74) is 2.65. The lowest BCUT2D eigenvalue weighted by Crippen LogP contribution is -1.90. The van der Waals surface area contributed by atoms with Crippen LogP contribution in [-0.4, -0.2) is 11.5 Å². The lowest BCUT2D eigenvalue weighted by Gasteiger charge is -2.02. The topological polar surface area (TPSA) is 0 Å². The van der Waals surface area contributed by atoms with Gasteiger partial charge in [0, 0.05) is 5.75 Å². The van der Waals surface area contributed by atoms with Gasteiger partial charge in [-0.1, -0.05) is 61.7 Å².